The number of carbonyl (C=O) groups excluding carboxylic acids is 1. The highest BCUT2D eigenvalue weighted by Crippen LogP contribution is 2.10. The topological polar surface area (TPSA) is 65.7 Å². The molecule has 5 heteroatoms. The molecule has 2 aromatic rings. The van der Waals surface area contributed by atoms with E-state index in [0.29, 0.717) is 19.6 Å². The van der Waals surface area contributed by atoms with E-state index in [-0.39, 0.29) is 12.5 Å². The van der Waals surface area contributed by atoms with Gasteiger partial charge in [0.2, 0.25) is 5.91 Å². The van der Waals surface area contributed by atoms with E-state index in [0.717, 1.165) is 11.3 Å². The molecule has 0 unspecified atom stereocenters. The molecule has 1 amide bonds. The molecule has 0 radical (unpaired) electrons. The number of hydrogen-bond donors (Lipinski definition) is 2. The fraction of sp³-hybridized carbons (Fsp3) is 0.389. The second kappa shape index (κ2) is 7.94. The van der Waals surface area contributed by atoms with Crippen molar-refractivity contribution in [3.63, 3.8) is 0 Å². The largest absolute Gasteiger partial charge is 0.467 e. The summed E-state index contributed by atoms with van der Waals surface area (Å²) in [6, 6.07) is 13.5. The van der Waals surface area contributed by atoms with Crippen molar-refractivity contribution in [1.82, 2.24) is 10.2 Å². The fourth-order valence-electron chi connectivity index (χ4n) is 2.41. The van der Waals surface area contributed by atoms with Gasteiger partial charge < -0.3 is 14.8 Å². The molecule has 23 heavy (non-hydrogen) atoms. The van der Waals surface area contributed by atoms with Crippen molar-refractivity contribution in [2.24, 2.45) is 0 Å². The van der Waals surface area contributed by atoms with Crippen molar-refractivity contribution in [3.05, 3.63) is 60.1 Å². The van der Waals surface area contributed by atoms with Gasteiger partial charge in [0.15, 0.2) is 0 Å². The average Bonchev–Trinajstić information content (AvgIpc) is 2.97. The summed E-state index contributed by atoms with van der Waals surface area (Å²) in [6.07, 6.45) is 1.58. The summed E-state index contributed by atoms with van der Waals surface area (Å²) in [5.41, 5.74) is 0.242. The van der Waals surface area contributed by atoms with Crippen LogP contribution >= 0.6 is 0 Å². The van der Waals surface area contributed by atoms with E-state index in [2.05, 4.69) is 5.32 Å². The van der Waals surface area contributed by atoms with E-state index >= 15 is 0 Å². The number of hydrogen-bond acceptors (Lipinski definition) is 4. The van der Waals surface area contributed by atoms with E-state index in [1.54, 1.807) is 26.2 Å². The minimum absolute atomic E-state index is 0.0958. The van der Waals surface area contributed by atoms with Gasteiger partial charge in [-0.15, -0.1) is 0 Å². The van der Waals surface area contributed by atoms with Crippen LogP contribution in [0, 0.1) is 0 Å². The number of rotatable bonds is 8. The second-order valence-electron chi connectivity index (χ2n) is 6.30. The number of aliphatic hydroxyl groups is 1. The van der Waals surface area contributed by atoms with Gasteiger partial charge in [-0.25, -0.2) is 0 Å². The van der Waals surface area contributed by atoms with Crippen LogP contribution in [0.3, 0.4) is 0 Å². The molecule has 0 bridgehead atoms. The fourth-order valence-corrected chi connectivity index (χ4v) is 2.41. The van der Waals surface area contributed by atoms with Crippen LogP contribution in [0.25, 0.3) is 0 Å². The summed E-state index contributed by atoms with van der Waals surface area (Å²) in [5, 5.41) is 12.9. The highest BCUT2D eigenvalue weighted by molar-refractivity contribution is 5.77. The SMILES string of the molecule is CC(C)(O)CN(CC(=O)NCc1ccco1)Cc1ccccc1. The molecule has 1 aromatic carbocycles. The zero-order valence-corrected chi connectivity index (χ0v) is 13.7. The van der Waals surface area contributed by atoms with Crippen LogP contribution in [0.4, 0.5) is 0 Å². The monoisotopic (exact) mass is 316 g/mol. The molecular weight excluding hydrogens is 292 g/mol. The van der Waals surface area contributed by atoms with E-state index < -0.39 is 5.60 Å². The van der Waals surface area contributed by atoms with Crippen molar-refractivity contribution in [2.75, 3.05) is 13.1 Å². The minimum atomic E-state index is -0.865. The molecule has 0 spiro atoms. The zero-order valence-electron chi connectivity index (χ0n) is 13.7. The maximum absolute atomic E-state index is 12.1. The lowest BCUT2D eigenvalue weighted by atomic mass is 10.1. The summed E-state index contributed by atoms with van der Waals surface area (Å²) in [7, 11) is 0. The van der Waals surface area contributed by atoms with Crippen LogP contribution in [0.5, 0.6) is 0 Å². The first-order valence-electron chi connectivity index (χ1n) is 7.70. The number of benzene rings is 1. The maximum Gasteiger partial charge on any atom is 0.234 e. The van der Waals surface area contributed by atoms with E-state index in [1.807, 2.05) is 41.3 Å². The predicted octanol–water partition coefficient (Wildman–Crippen LogP) is 2.17. The van der Waals surface area contributed by atoms with Crippen LogP contribution in [-0.2, 0) is 17.9 Å². The van der Waals surface area contributed by atoms with Crippen LogP contribution in [-0.4, -0.2) is 34.6 Å². The molecule has 2 rings (SSSR count). The summed E-state index contributed by atoms with van der Waals surface area (Å²) in [6.45, 7) is 5.10. The first kappa shape index (κ1) is 17.2. The summed E-state index contributed by atoms with van der Waals surface area (Å²) >= 11 is 0. The molecule has 5 nitrogen and oxygen atoms in total. The first-order valence-corrected chi connectivity index (χ1v) is 7.70. The van der Waals surface area contributed by atoms with Crippen LogP contribution in [0.1, 0.15) is 25.2 Å². The molecule has 0 saturated heterocycles. The Morgan fingerprint density at radius 1 is 1.22 bits per heavy atom. The van der Waals surface area contributed by atoms with E-state index in [4.69, 9.17) is 4.42 Å². The highest BCUT2D eigenvalue weighted by Gasteiger charge is 2.20. The van der Waals surface area contributed by atoms with Gasteiger partial charge in [-0.05, 0) is 31.5 Å². The van der Waals surface area contributed by atoms with Gasteiger partial charge in [-0.2, -0.15) is 0 Å². The summed E-state index contributed by atoms with van der Waals surface area (Å²) in [5.74, 6) is 0.622. The van der Waals surface area contributed by atoms with Crippen molar-refractivity contribution in [1.29, 1.82) is 0 Å². The lowest BCUT2D eigenvalue weighted by molar-refractivity contribution is -0.123. The Labute approximate surface area is 136 Å². The Balaban J connectivity index is 1.92. The van der Waals surface area contributed by atoms with E-state index in [9.17, 15) is 9.90 Å². The van der Waals surface area contributed by atoms with Gasteiger partial charge in [0.05, 0.1) is 25.0 Å². The number of nitrogens with zero attached hydrogens (tertiary/aromatic N) is 1. The Hall–Kier alpha value is -2.11. The molecule has 1 heterocycles. The lowest BCUT2D eigenvalue weighted by Crippen LogP contribution is -2.43. The van der Waals surface area contributed by atoms with Crippen LogP contribution in [0.2, 0.25) is 0 Å². The summed E-state index contributed by atoms with van der Waals surface area (Å²) in [4.78, 5) is 14.1. The Bertz CT molecular complexity index is 588. The molecule has 0 saturated carbocycles. The molecule has 2 N–H and O–H groups in total. The molecule has 0 fully saturated rings. The van der Waals surface area contributed by atoms with Gasteiger partial charge in [0.1, 0.15) is 5.76 Å². The number of amides is 1. The third kappa shape index (κ3) is 6.67. The van der Waals surface area contributed by atoms with Crippen molar-refractivity contribution < 1.29 is 14.3 Å². The number of carbonyl (C=O) groups is 1. The van der Waals surface area contributed by atoms with Crippen molar-refractivity contribution >= 4 is 5.91 Å². The zero-order chi connectivity index (χ0) is 16.7. The standard InChI is InChI=1S/C18H24N2O3/c1-18(2,22)14-20(12-15-7-4-3-5-8-15)13-17(21)19-11-16-9-6-10-23-16/h3-10,22H,11-14H2,1-2H3,(H,19,21). The third-order valence-corrected chi connectivity index (χ3v) is 3.27. The predicted molar refractivity (Wildman–Crippen MR) is 88.6 cm³/mol. The summed E-state index contributed by atoms with van der Waals surface area (Å²) < 4.78 is 5.20. The van der Waals surface area contributed by atoms with E-state index in [1.165, 1.54) is 0 Å². The smallest absolute Gasteiger partial charge is 0.234 e. The molecule has 0 aliphatic carbocycles. The number of nitrogens with one attached hydrogen (secondary N) is 1. The first-order chi connectivity index (χ1) is 10.9. The Kier molecular flexibility index (Phi) is 5.96. The number of furan rings is 1. The van der Waals surface area contributed by atoms with Crippen molar-refractivity contribution in [3.8, 4) is 0 Å². The quantitative estimate of drug-likeness (QED) is 0.783. The van der Waals surface area contributed by atoms with Gasteiger partial charge >= 0.3 is 0 Å². The van der Waals surface area contributed by atoms with Crippen LogP contribution < -0.4 is 5.32 Å². The molecule has 0 atom stereocenters. The Morgan fingerprint density at radius 2 is 1.96 bits per heavy atom. The van der Waals surface area contributed by atoms with Gasteiger partial charge in [0.25, 0.3) is 0 Å². The van der Waals surface area contributed by atoms with Gasteiger partial charge in [-0.1, -0.05) is 30.3 Å². The highest BCUT2D eigenvalue weighted by atomic mass is 16.3. The molecular formula is C18H24N2O3. The molecule has 124 valence electrons. The molecule has 0 aliphatic rings. The molecule has 1 aromatic heterocycles. The van der Waals surface area contributed by atoms with Crippen LogP contribution in [0.15, 0.2) is 53.1 Å². The van der Waals surface area contributed by atoms with Crippen molar-refractivity contribution in [2.45, 2.75) is 32.5 Å². The average molecular weight is 316 g/mol. The maximum atomic E-state index is 12.1. The second-order valence-corrected chi connectivity index (χ2v) is 6.30. The lowest BCUT2D eigenvalue weighted by Gasteiger charge is -2.28. The third-order valence-electron chi connectivity index (χ3n) is 3.27. The van der Waals surface area contributed by atoms with Gasteiger partial charge in [-0.3, -0.25) is 9.69 Å². The normalized spacial score (nSPS) is 11.7. The Morgan fingerprint density at radius 3 is 2.57 bits per heavy atom. The molecule has 0 aliphatic heterocycles. The van der Waals surface area contributed by atoms with Gasteiger partial charge in [0, 0.05) is 13.1 Å². The minimum Gasteiger partial charge on any atom is -0.467 e.